The molecule has 1 atom stereocenters. The summed E-state index contributed by atoms with van der Waals surface area (Å²) >= 11 is 0. The van der Waals surface area contributed by atoms with Gasteiger partial charge in [-0.2, -0.15) is 0 Å². The normalized spacial score (nSPS) is 14.0. The van der Waals surface area contributed by atoms with Crippen LogP contribution in [0.2, 0.25) is 0 Å². The number of para-hydroxylation sites is 1. The maximum Gasteiger partial charge on any atom is 0.243 e. The summed E-state index contributed by atoms with van der Waals surface area (Å²) in [5.74, 6) is -0.204. The summed E-state index contributed by atoms with van der Waals surface area (Å²) < 4.78 is 0. The van der Waals surface area contributed by atoms with Crippen molar-refractivity contribution >= 4 is 34.2 Å². The van der Waals surface area contributed by atoms with Crippen LogP contribution in [0.5, 0.6) is 0 Å². The van der Waals surface area contributed by atoms with Gasteiger partial charge < -0.3 is 26.7 Å². The van der Waals surface area contributed by atoms with Crippen LogP contribution in [0.3, 0.4) is 0 Å². The monoisotopic (exact) mass is 432 g/mol. The minimum absolute atomic E-state index is 0.0228. The summed E-state index contributed by atoms with van der Waals surface area (Å²) in [5, 5.41) is 17.6. The number of nitrogens with one attached hydrogen (secondary N) is 5. The van der Waals surface area contributed by atoms with Crippen molar-refractivity contribution in [2.75, 3.05) is 18.4 Å². The number of H-pyrrole nitrogens is 1. The van der Waals surface area contributed by atoms with Crippen LogP contribution in [0, 0.1) is 11.3 Å². The zero-order valence-electron chi connectivity index (χ0n) is 17.8. The molecule has 0 bridgehead atoms. The molecule has 0 spiro atoms. The van der Waals surface area contributed by atoms with Gasteiger partial charge in [0, 0.05) is 34.9 Å². The molecule has 2 amide bonds. The van der Waals surface area contributed by atoms with Gasteiger partial charge in [-0.15, -0.1) is 0 Å². The number of hydrogen-bond acceptors (Lipinski definition) is 4. The lowest BCUT2D eigenvalue weighted by molar-refractivity contribution is -0.126. The summed E-state index contributed by atoms with van der Waals surface area (Å²) in [6.45, 7) is 0.434. The lowest BCUT2D eigenvalue weighted by Crippen LogP contribution is -2.45. The molecule has 1 aliphatic carbocycles. The number of anilines is 1. The van der Waals surface area contributed by atoms with E-state index in [4.69, 9.17) is 11.1 Å². The highest BCUT2D eigenvalue weighted by atomic mass is 16.2. The van der Waals surface area contributed by atoms with Gasteiger partial charge in [-0.05, 0) is 48.9 Å². The maximum absolute atomic E-state index is 12.7. The lowest BCUT2D eigenvalue weighted by Gasteiger charge is -2.19. The number of aromatic nitrogens is 1. The predicted molar refractivity (Wildman–Crippen MR) is 126 cm³/mol. The van der Waals surface area contributed by atoms with Crippen LogP contribution in [-0.4, -0.2) is 41.8 Å². The standard InChI is InChI=1S/C24H28N6O2/c25-23(26)16-4-3-5-18(12-16)30-22(15-8-9-15)24(32)29-14-21(31)27-11-10-17-13-28-20-7-2-1-6-19(17)20/h1-7,12-13,15,22,28,30H,8-11,14H2,(H3,25,26)(H,27,31)(H,29,32). The van der Waals surface area contributed by atoms with Gasteiger partial charge in [-0.1, -0.05) is 30.3 Å². The number of rotatable bonds is 10. The third-order valence-corrected chi connectivity index (χ3v) is 5.69. The van der Waals surface area contributed by atoms with E-state index in [0.29, 0.717) is 18.5 Å². The lowest BCUT2D eigenvalue weighted by atomic mass is 10.1. The predicted octanol–water partition coefficient (Wildman–Crippen LogP) is 2.12. The van der Waals surface area contributed by atoms with Crippen molar-refractivity contribution in [3.63, 3.8) is 0 Å². The molecule has 1 heterocycles. The Bertz CT molecular complexity index is 1130. The Balaban J connectivity index is 1.25. The first-order valence-electron chi connectivity index (χ1n) is 10.8. The van der Waals surface area contributed by atoms with Gasteiger partial charge in [0.15, 0.2) is 0 Å². The number of nitrogens with two attached hydrogens (primary N) is 1. The zero-order valence-corrected chi connectivity index (χ0v) is 17.8. The molecular formula is C24H28N6O2. The highest BCUT2D eigenvalue weighted by molar-refractivity contribution is 5.96. The van der Waals surface area contributed by atoms with Crippen LogP contribution in [-0.2, 0) is 16.0 Å². The van der Waals surface area contributed by atoms with Crippen LogP contribution >= 0.6 is 0 Å². The molecule has 8 heteroatoms. The fourth-order valence-electron chi connectivity index (χ4n) is 3.80. The van der Waals surface area contributed by atoms with Crippen LogP contribution in [0.15, 0.2) is 54.7 Å². The number of amidine groups is 1. The smallest absolute Gasteiger partial charge is 0.243 e. The number of benzene rings is 2. The molecule has 166 valence electrons. The second-order valence-electron chi connectivity index (χ2n) is 8.13. The van der Waals surface area contributed by atoms with Gasteiger partial charge in [0.2, 0.25) is 11.8 Å². The molecular weight excluding hydrogens is 404 g/mol. The minimum atomic E-state index is -0.420. The topological polar surface area (TPSA) is 136 Å². The van der Waals surface area contributed by atoms with E-state index in [-0.39, 0.29) is 30.1 Å². The first-order valence-corrected chi connectivity index (χ1v) is 10.8. The van der Waals surface area contributed by atoms with E-state index >= 15 is 0 Å². The number of amides is 2. The van der Waals surface area contributed by atoms with Crippen molar-refractivity contribution in [1.82, 2.24) is 15.6 Å². The van der Waals surface area contributed by atoms with E-state index in [1.807, 2.05) is 30.5 Å². The number of aromatic amines is 1. The van der Waals surface area contributed by atoms with E-state index < -0.39 is 6.04 Å². The molecule has 3 aromatic rings. The van der Waals surface area contributed by atoms with E-state index in [0.717, 1.165) is 35.0 Å². The first kappa shape index (κ1) is 21.4. The Morgan fingerprint density at radius 1 is 1.12 bits per heavy atom. The highest BCUT2D eigenvalue weighted by Gasteiger charge is 2.36. The molecule has 1 saturated carbocycles. The van der Waals surface area contributed by atoms with Crippen molar-refractivity contribution in [2.45, 2.75) is 25.3 Å². The average molecular weight is 433 g/mol. The summed E-state index contributed by atoms with van der Waals surface area (Å²) in [6, 6.07) is 14.8. The third kappa shape index (κ3) is 5.26. The zero-order chi connectivity index (χ0) is 22.5. The Hall–Kier alpha value is -3.81. The molecule has 0 aliphatic heterocycles. The first-order chi connectivity index (χ1) is 15.5. The summed E-state index contributed by atoms with van der Waals surface area (Å²) in [6.07, 6.45) is 4.61. The molecule has 1 unspecified atom stereocenters. The van der Waals surface area contributed by atoms with Crippen LogP contribution in [0.4, 0.5) is 5.69 Å². The fraction of sp³-hybridized carbons (Fsp3) is 0.292. The third-order valence-electron chi connectivity index (χ3n) is 5.69. The molecule has 8 nitrogen and oxygen atoms in total. The van der Waals surface area contributed by atoms with Gasteiger partial charge in [0.25, 0.3) is 0 Å². The quantitative estimate of drug-likeness (QED) is 0.216. The van der Waals surface area contributed by atoms with E-state index in [1.165, 1.54) is 0 Å². The van der Waals surface area contributed by atoms with Crippen molar-refractivity contribution in [3.05, 3.63) is 65.9 Å². The number of nitrogen functional groups attached to an aromatic ring is 1. The van der Waals surface area contributed by atoms with Crippen molar-refractivity contribution < 1.29 is 9.59 Å². The number of carbonyl (C=O) groups is 2. The van der Waals surface area contributed by atoms with Gasteiger partial charge in [0.1, 0.15) is 11.9 Å². The number of hydrogen-bond donors (Lipinski definition) is 6. The average Bonchev–Trinajstić information content (AvgIpc) is 3.56. The van der Waals surface area contributed by atoms with Crippen LogP contribution in [0.25, 0.3) is 10.9 Å². The second kappa shape index (κ2) is 9.55. The molecule has 1 fully saturated rings. The Morgan fingerprint density at radius 2 is 1.94 bits per heavy atom. The molecule has 32 heavy (non-hydrogen) atoms. The van der Waals surface area contributed by atoms with E-state index in [9.17, 15) is 9.59 Å². The molecule has 0 saturated heterocycles. The molecule has 2 aromatic carbocycles. The van der Waals surface area contributed by atoms with Crippen molar-refractivity contribution in [1.29, 1.82) is 5.41 Å². The van der Waals surface area contributed by atoms with E-state index in [1.54, 1.807) is 18.2 Å². The SMILES string of the molecule is N=C(N)c1cccc(NC(C(=O)NCC(=O)NCCc2c[nH]c3ccccc23)C2CC2)c1. The fourth-order valence-corrected chi connectivity index (χ4v) is 3.80. The number of fused-ring (bicyclic) bond motifs is 1. The Labute approximate surface area is 186 Å². The maximum atomic E-state index is 12.7. The molecule has 0 radical (unpaired) electrons. The number of carbonyl (C=O) groups excluding carboxylic acids is 2. The van der Waals surface area contributed by atoms with Gasteiger partial charge in [0.05, 0.1) is 6.54 Å². The second-order valence-corrected chi connectivity index (χ2v) is 8.13. The molecule has 1 aliphatic rings. The molecule has 1 aromatic heterocycles. The summed E-state index contributed by atoms with van der Waals surface area (Å²) in [7, 11) is 0. The summed E-state index contributed by atoms with van der Waals surface area (Å²) in [4.78, 5) is 28.2. The molecule has 7 N–H and O–H groups in total. The summed E-state index contributed by atoms with van der Waals surface area (Å²) in [5.41, 5.74) is 9.11. The van der Waals surface area contributed by atoms with Crippen LogP contribution in [0.1, 0.15) is 24.0 Å². The Morgan fingerprint density at radius 3 is 2.72 bits per heavy atom. The largest absolute Gasteiger partial charge is 0.384 e. The van der Waals surface area contributed by atoms with Crippen LogP contribution < -0.4 is 21.7 Å². The molecule has 4 rings (SSSR count). The Kier molecular flexibility index (Phi) is 6.39. The van der Waals surface area contributed by atoms with Gasteiger partial charge in [-0.3, -0.25) is 15.0 Å². The van der Waals surface area contributed by atoms with E-state index in [2.05, 4.69) is 27.0 Å². The highest BCUT2D eigenvalue weighted by Crippen LogP contribution is 2.34. The van der Waals surface area contributed by atoms with Gasteiger partial charge >= 0.3 is 0 Å². The van der Waals surface area contributed by atoms with Crippen molar-refractivity contribution in [2.24, 2.45) is 11.7 Å². The van der Waals surface area contributed by atoms with Crippen molar-refractivity contribution in [3.8, 4) is 0 Å². The van der Waals surface area contributed by atoms with Gasteiger partial charge in [-0.25, -0.2) is 0 Å². The minimum Gasteiger partial charge on any atom is -0.384 e.